The molecule has 2 bridgehead atoms. The van der Waals surface area contributed by atoms with Crippen molar-refractivity contribution in [3.8, 4) is 0 Å². The second-order valence-corrected chi connectivity index (χ2v) is 11.0. The van der Waals surface area contributed by atoms with Gasteiger partial charge in [0, 0.05) is 37.4 Å². The van der Waals surface area contributed by atoms with E-state index in [0.717, 1.165) is 49.2 Å². The van der Waals surface area contributed by atoms with Gasteiger partial charge in [-0.25, -0.2) is 8.42 Å². The Morgan fingerprint density at radius 2 is 1.84 bits per heavy atom. The van der Waals surface area contributed by atoms with Gasteiger partial charge in [-0.3, -0.25) is 9.69 Å². The van der Waals surface area contributed by atoms with Crippen LogP contribution in [-0.2, 0) is 27.8 Å². The number of rotatable bonds is 5. The maximum absolute atomic E-state index is 13.5. The van der Waals surface area contributed by atoms with E-state index in [1.807, 2.05) is 43.3 Å². The zero-order valence-corrected chi connectivity index (χ0v) is 19.2. The molecule has 8 heteroatoms. The van der Waals surface area contributed by atoms with Crippen molar-refractivity contribution >= 4 is 21.6 Å². The van der Waals surface area contributed by atoms with Crippen molar-refractivity contribution in [3.05, 3.63) is 59.2 Å². The van der Waals surface area contributed by atoms with Crippen LogP contribution in [0.3, 0.4) is 0 Å². The van der Waals surface area contributed by atoms with Crippen molar-refractivity contribution in [2.24, 2.45) is 0 Å². The topological polar surface area (TPSA) is 81.8 Å². The predicted octanol–water partition coefficient (Wildman–Crippen LogP) is 2.12. The first kappa shape index (κ1) is 21.6. The number of amides is 1. The summed E-state index contributed by atoms with van der Waals surface area (Å²) in [5.74, 6) is -0.0582. The van der Waals surface area contributed by atoms with Gasteiger partial charge in [0.15, 0.2) is 0 Å². The van der Waals surface area contributed by atoms with Crippen LogP contribution in [0.5, 0.6) is 0 Å². The number of hydrogen-bond acceptors (Lipinski definition) is 5. The Morgan fingerprint density at radius 1 is 1.09 bits per heavy atom. The fourth-order valence-electron chi connectivity index (χ4n) is 5.32. The largest absolute Gasteiger partial charge is 0.325 e. The minimum atomic E-state index is -3.56. The molecule has 2 unspecified atom stereocenters. The van der Waals surface area contributed by atoms with Gasteiger partial charge in [-0.2, -0.15) is 4.31 Å². The molecule has 2 aromatic carbocycles. The van der Waals surface area contributed by atoms with Gasteiger partial charge in [0.2, 0.25) is 15.9 Å². The predicted molar refractivity (Wildman–Crippen MR) is 124 cm³/mol. The zero-order valence-electron chi connectivity index (χ0n) is 18.4. The first-order chi connectivity index (χ1) is 15.4. The molecule has 5 rings (SSSR count). The summed E-state index contributed by atoms with van der Waals surface area (Å²) in [6.07, 6.45) is 2.61. The van der Waals surface area contributed by atoms with E-state index < -0.39 is 10.0 Å². The Morgan fingerprint density at radius 3 is 2.59 bits per heavy atom. The molecule has 0 saturated carbocycles. The van der Waals surface area contributed by atoms with E-state index in [1.54, 1.807) is 10.4 Å². The van der Waals surface area contributed by atoms with Gasteiger partial charge in [0.25, 0.3) is 0 Å². The molecule has 0 radical (unpaired) electrons. The SMILES string of the molecule is Cc1ccccc1NC(=O)CN1CC2CCC(C1)N2S(=O)(=O)c1ccc2c(c1)CNCC2. The molecular formula is C24H30N4O3S. The number of fused-ring (bicyclic) bond motifs is 3. The summed E-state index contributed by atoms with van der Waals surface area (Å²) in [6.45, 7) is 5.07. The van der Waals surface area contributed by atoms with Crippen molar-refractivity contribution < 1.29 is 13.2 Å². The van der Waals surface area contributed by atoms with Gasteiger partial charge in [-0.1, -0.05) is 24.3 Å². The number of sulfonamides is 1. The molecule has 2 fully saturated rings. The summed E-state index contributed by atoms with van der Waals surface area (Å²) in [5, 5.41) is 6.31. The van der Waals surface area contributed by atoms with Crippen molar-refractivity contribution in [2.45, 2.75) is 49.7 Å². The van der Waals surface area contributed by atoms with Gasteiger partial charge in [0.05, 0.1) is 11.4 Å². The lowest BCUT2D eigenvalue weighted by Gasteiger charge is -2.39. The quantitative estimate of drug-likeness (QED) is 0.723. The minimum Gasteiger partial charge on any atom is -0.325 e. The highest BCUT2D eigenvalue weighted by molar-refractivity contribution is 7.89. The monoisotopic (exact) mass is 454 g/mol. The van der Waals surface area contributed by atoms with Gasteiger partial charge in [-0.05, 0) is 67.6 Å². The molecule has 2 aromatic rings. The molecule has 2 atom stereocenters. The highest BCUT2D eigenvalue weighted by atomic mass is 32.2. The molecule has 0 spiro atoms. The molecule has 3 heterocycles. The maximum Gasteiger partial charge on any atom is 0.243 e. The molecule has 3 aliphatic rings. The molecule has 2 saturated heterocycles. The van der Waals surface area contributed by atoms with E-state index in [-0.39, 0.29) is 24.5 Å². The molecule has 7 nitrogen and oxygen atoms in total. The molecule has 0 aromatic heterocycles. The second-order valence-electron chi connectivity index (χ2n) is 9.13. The molecule has 2 N–H and O–H groups in total. The van der Waals surface area contributed by atoms with Crippen LogP contribution in [0.25, 0.3) is 0 Å². The zero-order chi connectivity index (χ0) is 22.3. The van der Waals surface area contributed by atoms with Crippen molar-refractivity contribution in [3.63, 3.8) is 0 Å². The molecule has 1 amide bonds. The van der Waals surface area contributed by atoms with E-state index in [0.29, 0.717) is 18.0 Å². The van der Waals surface area contributed by atoms with Crippen LogP contribution in [0.2, 0.25) is 0 Å². The Balaban J connectivity index is 1.28. The third-order valence-corrected chi connectivity index (χ3v) is 8.92. The van der Waals surface area contributed by atoms with Crippen molar-refractivity contribution in [2.75, 3.05) is 31.5 Å². The summed E-state index contributed by atoms with van der Waals surface area (Å²) < 4.78 is 28.8. The first-order valence-corrected chi connectivity index (χ1v) is 12.8. The van der Waals surface area contributed by atoms with Crippen LogP contribution in [0.1, 0.15) is 29.5 Å². The average Bonchev–Trinajstić information content (AvgIpc) is 3.07. The molecule has 3 aliphatic heterocycles. The normalized spacial score (nSPS) is 23.7. The smallest absolute Gasteiger partial charge is 0.243 e. The standard InChI is InChI=1S/C24H30N4O3S/c1-17-4-2-3-5-23(17)26-24(29)16-27-14-20-7-8-21(15-27)28(20)32(30,31)22-9-6-18-10-11-25-13-19(18)12-22/h2-6,9,12,20-21,25H,7-8,10-11,13-16H2,1H3,(H,26,29). The van der Waals surface area contributed by atoms with Crippen LogP contribution in [0, 0.1) is 6.92 Å². The van der Waals surface area contributed by atoms with E-state index in [4.69, 9.17) is 0 Å². The summed E-state index contributed by atoms with van der Waals surface area (Å²) in [6, 6.07) is 13.1. The lowest BCUT2D eigenvalue weighted by Crippen LogP contribution is -2.56. The third-order valence-electron chi connectivity index (χ3n) is 6.92. The van der Waals surface area contributed by atoms with E-state index in [9.17, 15) is 13.2 Å². The fourth-order valence-corrected chi connectivity index (χ4v) is 7.22. The van der Waals surface area contributed by atoms with Gasteiger partial charge >= 0.3 is 0 Å². The highest BCUT2D eigenvalue weighted by Crippen LogP contribution is 2.36. The first-order valence-electron chi connectivity index (χ1n) is 11.4. The Bertz CT molecular complexity index is 1120. The van der Waals surface area contributed by atoms with Crippen LogP contribution >= 0.6 is 0 Å². The van der Waals surface area contributed by atoms with Crippen LogP contribution in [0.15, 0.2) is 47.4 Å². The number of anilines is 1. The number of nitrogens with one attached hydrogen (secondary N) is 2. The Hall–Kier alpha value is -2.26. The van der Waals surface area contributed by atoms with Crippen LogP contribution in [0.4, 0.5) is 5.69 Å². The lowest BCUT2D eigenvalue weighted by atomic mass is 10.0. The molecule has 0 aliphatic carbocycles. The third kappa shape index (κ3) is 4.08. The number of aryl methyl sites for hydroxylation is 1. The Labute approximate surface area is 189 Å². The summed E-state index contributed by atoms with van der Waals surface area (Å²) in [7, 11) is -3.56. The molecular weight excluding hydrogens is 424 g/mol. The summed E-state index contributed by atoms with van der Waals surface area (Å²) in [5.41, 5.74) is 4.16. The van der Waals surface area contributed by atoms with E-state index >= 15 is 0 Å². The maximum atomic E-state index is 13.5. The van der Waals surface area contributed by atoms with Gasteiger partial charge < -0.3 is 10.6 Å². The van der Waals surface area contributed by atoms with Crippen LogP contribution in [-0.4, -0.2) is 61.8 Å². The van der Waals surface area contributed by atoms with Crippen LogP contribution < -0.4 is 10.6 Å². The number of carbonyl (C=O) groups is 1. The van der Waals surface area contributed by atoms with E-state index in [1.165, 1.54) is 5.56 Å². The summed E-state index contributed by atoms with van der Waals surface area (Å²) >= 11 is 0. The summed E-state index contributed by atoms with van der Waals surface area (Å²) in [4.78, 5) is 15.1. The fraction of sp³-hybridized carbons (Fsp3) is 0.458. The minimum absolute atomic E-state index is 0.0582. The molecule has 32 heavy (non-hydrogen) atoms. The van der Waals surface area contributed by atoms with Crippen molar-refractivity contribution in [1.82, 2.24) is 14.5 Å². The number of piperazine rings is 1. The van der Waals surface area contributed by atoms with E-state index in [2.05, 4.69) is 15.5 Å². The number of hydrogen-bond donors (Lipinski definition) is 2. The number of carbonyl (C=O) groups excluding carboxylic acids is 1. The average molecular weight is 455 g/mol. The van der Waals surface area contributed by atoms with Crippen molar-refractivity contribution in [1.29, 1.82) is 0 Å². The highest BCUT2D eigenvalue weighted by Gasteiger charge is 2.47. The Kier molecular flexibility index (Phi) is 5.79. The number of para-hydroxylation sites is 1. The van der Waals surface area contributed by atoms with Gasteiger partial charge in [-0.15, -0.1) is 0 Å². The van der Waals surface area contributed by atoms with Gasteiger partial charge in [0.1, 0.15) is 0 Å². The number of likely N-dealkylation sites (tertiary alicyclic amines) is 1. The number of nitrogens with zero attached hydrogens (tertiary/aromatic N) is 2. The lowest BCUT2D eigenvalue weighted by molar-refractivity contribution is -0.117. The number of benzene rings is 2. The second kappa shape index (κ2) is 8.59. The molecule has 170 valence electrons.